The molecule has 0 spiro atoms. The quantitative estimate of drug-likeness (QED) is 0.797. The predicted octanol–water partition coefficient (Wildman–Crippen LogP) is 2.06. The zero-order valence-corrected chi connectivity index (χ0v) is 8.07. The van der Waals surface area contributed by atoms with Crippen molar-refractivity contribution >= 4 is 11.6 Å². The topological polar surface area (TPSA) is 42.1 Å². The minimum Gasteiger partial charge on any atom is -0.482 e. The van der Waals surface area contributed by atoms with Crippen LogP contribution >= 0.6 is 11.6 Å². The summed E-state index contributed by atoms with van der Waals surface area (Å²) < 4.78 is 29.2. The zero-order valence-electron chi connectivity index (χ0n) is 7.31. The number of H-pyrrole nitrogens is 1. The minimum absolute atomic E-state index is 0.0113. The van der Waals surface area contributed by atoms with E-state index >= 15 is 0 Å². The number of alkyl halides is 3. The fraction of sp³-hybridized carbons (Fsp3) is 0.375. The lowest BCUT2D eigenvalue weighted by Crippen LogP contribution is -2.12. The van der Waals surface area contributed by atoms with Crippen LogP contribution in [0.3, 0.4) is 0 Å². The highest BCUT2D eigenvalue weighted by Gasteiger charge is 2.14. The second-order valence-corrected chi connectivity index (χ2v) is 2.80. The summed E-state index contributed by atoms with van der Waals surface area (Å²) in [4.78, 5) is 13.5. The summed E-state index contributed by atoms with van der Waals surface area (Å²) in [5.41, 5.74) is -0.870. The summed E-state index contributed by atoms with van der Waals surface area (Å²) in [6.07, 6.45) is -2.74. The summed E-state index contributed by atoms with van der Waals surface area (Å²) >= 11 is 5.46. The molecule has 0 fully saturated rings. The van der Waals surface area contributed by atoms with Crippen LogP contribution in [0, 0.1) is 0 Å². The fourth-order valence-corrected chi connectivity index (χ4v) is 1.25. The molecule has 1 N–H and O–H groups in total. The molecule has 1 heterocycles. The van der Waals surface area contributed by atoms with Gasteiger partial charge in [0.2, 0.25) is 0 Å². The smallest absolute Gasteiger partial charge is 0.278 e. The summed E-state index contributed by atoms with van der Waals surface area (Å²) in [5, 5.41) is 0. The summed E-state index contributed by atoms with van der Waals surface area (Å²) in [6.45, 7) is 0. The molecule has 1 rings (SSSR count). The molecule has 1 aromatic heterocycles. The Morgan fingerprint density at radius 1 is 1.64 bits per heavy atom. The van der Waals surface area contributed by atoms with Gasteiger partial charge in [0.25, 0.3) is 6.43 Å². The van der Waals surface area contributed by atoms with E-state index in [0.29, 0.717) is 0 Å². The van der Waals surface area contributed by atoms with Gasteiger partial charge in [0.05, 0.1) is 24.2 Å². The van der Waals surface area contributed by atoms with Crippen molar-refractivity contribution in [1.82, 2.24) is 4.98 Å². The molecule has 0 amide bonds. The first-order valence-corrected chi connectivity index (χ1v) is 4.27. The first kappa shape index (κ1) is 11.0. The van der Waals surface area contributed by atoms with E-state index in [2.05, 4.69) is 4.98 Å². The van der Waals surface area contributed by atoms with Crippen molar-refractivity contribution in [2.45, 2.75) is 12.3 Å². The van der Waals surface area contributed by atoms with Crippen LogP contribution in [0.25, 0.3) is 0 Å². The SMILES string of the molecule is COc1[nH]c(C(F)F)cc(=O)c1CCl. The number of ether oxygens (including phenoxy) is 1. The maximum atomic E-state index is 12.2. The van der Waals surface area contributed by atoms with Crippen molar-refractivity contribution in [3.63, 3.8) is 0 Å². The van der Waals surface area contributed by atoms with Crippen molar-refractivity contribution in [2.24, 2.45) is 0 Å². The van der Waals surface area contributed by atoms with Gasteiger partial charge in [0.1, 0.15) is 0 Å². The lowest BCUT2D eigenvalue weighted by atomic mass is 10.2. The van der Waals surface area contributed by atoms with Crippen LogP contribution in [0.15, 0.2) is 10.9 Å². The molecule has 0 saturated heterocycles. The van der Waals surface area contributed by atoms with E-state index in [4.69, 9.17) is 16.3 Å². The lowest BCUT2D eigenvalue weighted by molar-refractivity contribution is 0.145. The Morgan fingerprint density at radius 2 is 2.29 bits per heavy atom. The van der Waals surface area contributed by atoms with Crippen LogP contribution in [0.1, 0.15) is 17.7 Å². The molecule has 0 unspecified atom stereocenters. The molecule has 6 heteroatoms. The maximum absolute atomic E-state index is 12.2. The number of aromatic amines is 1. The molecule has 0 atom stereocenters. The van der Waals surface area contributed by atoms with Gasteiger partial charge >= 0.3 is 0 Å². The molecule has 78 valence electrons. The highest BCUT2D eigenvalue weighted by molar-refractivity contribution is 6.17. The fourth-order valence-electron chi connectivity index (χ4n) is 1.00. The van der Waals surface area contributed by atoms with E-state index in [0.717, 1.165) is 6.07 Å². The van der Waals surface area contributed by atoms with Gasteiger partial charge in [-0.1, -0.05) is 0 Å². The number of pyridine rings is 1. The number of hydrogen-bond donors (Lipinski definition) is 1. The largest absolute Gasteiger partial charge is 0.482 e. The Morgan fingerprint density at radius 3 is 2.71 bits per heavy atom. The van der Waals surface area contributed by atoms with Gasteiger partial charge in [-0.15, -0.1) is 11.6 Å². The van der Waals surface area contributed by atoms with Crippen LogP contribution in [-0.4, -0.2) is 12.1 Å². The predicted molar refractivity (Wildman–Crippen MR) is 48.1 cm³/mol. The van der Waals surface area contributed by atoms with Gasteiger partial charge in [0, 0.05) is 6.07 Å². The number of aromatic nitrogens is 1. The molecule has 3 nitrogen and oxygen atoms in total. The molecule has 0 saturated carbocycles. The van der Waals surface area contributed by atoms with Crippen LogP contribution in [0.5, 0.6) is 5.88 Å². The molecule has 0 radical (unpaired) electrons. The number of methoxy groups -OCH3 is 1. The van der Waals surface area contributed by atoms with Gasteiger partial charge in [-0.05, 0) is 0 Å². The summed E-state index contributed by atoms with van der Waals surface area (Å²) in [7, 11) is 1.27. The van der Waals surface area contributed by atoms with Crippen LogP contribution in [0.4, 0.5) is 8.78 Å². The monoisotopic (exact) mass is 223 g/mol. The highest BCUT2D eigenvalue weighted by atomic mass is 35.5. The number of halogens is 3. The van der Waals surface area contributed by atoms with Crippen molar-refractivity contribution in [1.29, 1.82) is 0 Å². The van der Waals surface area contributed by atoms with E-state index in [1.165, 1.54) is 7.11 Å². The number of hydrogen-bond acceptors (Lipinski definition) is 2. The molecule has 0 bridgehead atoms. The molecule has 0 aliphatic carbocycles. The molecular weight excluding hydrogens is 216 g/mol. The molecule has 0 aliphatic rings. The molecular formula is C8H8ClF2NO2. The van der Waals surface area contributed by atoms with Gasteiger partial charge in [-0.25, -0.2) is 8.78 Å². The molecule has 0 aliphatic heterocycles. The number of rotatable bonds is 3. The Hall–Kier alpha value is -1.10. The van der Waals surface area contributed by atoms with E-state index in [-0.39, 0.29) is 17.3 Å². The third-order valence-corrected chi connectivity index (χ3v) is 1.96. The first-order valence-electron chi connectivity index (χ1n) is 3.74. The van der Waals surface area contributed by atoms with Crippen molar-refractivity contribution in [3.8, 4) is 5.88 Å². The third kappa shape index (κ3) is 2.04. The van der Waals surface area contributed by atoms with Crippen molar-refractivity contribution < 1.29 is 13.5 Å². The first-order chi connectivity index (χ1) is 6.60. The number of nitrogens with one attached hydrogen (secondary N) is 1. The van der Waals surface area contributed by atoms with Crippen LogP contribution < -0.4 is 10.2 Å². The Bertz CT molecular complexity index is 378. The lowest BCUT2D eigenvalue weighted by Gasteiger charge is -2.07. The highest BCUT2D eigenvalue weighted by Crippen LogP contribution is 2.20. The Kier molecular flexibility index (Phi) is 3.46. The Labute approximate surface area is 83.7 Å². The molecule has 1 aromatic rings. The van der Waals surface area contributed by atoms with Gasteiger partial charge < -0.3 is 9.72 Å². The van der Waals surface area contributed by atoms with Crippen LogP contribution in [0.2, 0.25) is 0 Å². The van der Waals surface area contributed by atoms with Crippen LogP contribution in [-0.2, 0) is 5.88 Å². The van der Waals surface area contributed by atoms with Gasteiger partial charge in [-0.3, -0.25) is 4.79 Å². The van der Waals surface area contributed by atoms with Gasteiger partial charge in [0.15, 0.2) is 11.3 Å². The van der Waals surface area contributed by atoms with Crippen molar-refractivity contribution in [3.05, 3.63) is 27.5 Å². The van der Waals surface area contributed by atoms with E-state index < -0.39 is 17.5 Å². The van der Waals surface area contributed by atoms with Crippen molar-refractivity contribution in [2.75, 3.05) is 7.11 Å². The summed E-state index contributed by atoms with van der Waals surface area (Å²) in [6, 6.07) is 0.824. The maximum Gasteiger partial charge on any atom is 0.278 e. The van der Waals surface area contributed by atoms with Gasteiger partial charge in [-0.2, -0.15) is 0 Å². The Balaban J connectivity index is 3.32. The average Bonchev–Trinajstić information content (AvgIpc) is 2.16. The molecule has 0 aromatic carbocycles. The molecule has 14 heavy (non-hydrogen) atoms. The second-order valence-electron chi connectivity index (χ2n) is 2.54. The standard InChI is InChI=1S/C8H8ClF2NO2/c1-14-8-4(3-9)6(13)2-5(12-8)7(10)11/h2,7H,3H2,1H3,(H,12,13). The second kappa shape index (κ2) is 4.41. The average molecular weight is 224 g/mol. The van der Waals surface area contributed by atoms with E-state index in [1.807, 2.05) is 0 Å². The van der Waals surface area contributed by atoms with E-state index in [9.17, 15) is 13.6 Å². The zero-order chi connectivity index (χ0) is 10.7. The minimum atomic E-state index is -2.74. The summed E-state index contributed by atoms with van der Waals surface area (Å²) in [5.74, 6) is -0.0926. The third-order valence-electron chi connectivity index (χ3n) is 1.69. The van der Waals surface area contributed by atoms with E-state index in [1.54, 1.807) is 0 Å². The normalized spacial score (nSPS) is 10.6.